The molecule has 1 heteroatoms. The van der Waals surface area contributed by atoms with E-state index in [4.69, 9.17) is 0 Å². The number of aryl methyl sites for hydroxylation is 2. The van der Waals surface area contributed by atoms with Gasteiger partial charge in [-0.3, -0.25) is 0 Å². The Labute approximate surface area is 86.5 Å². The van der Waals surface area contributed by atoms with Gasteiger partial charge in [0.25, 0.3) is 0 Å². The van der Waals surface area contributed by atoms with Gasteiger partial charge < -0.3 is 5.32 Å². The first-order valence-corrected chi connectivity index (χ1v) is 5.45. The third kappa shape index (κ3) is 1.69. The predicted molar refractivity (Wildman–Crippen MR) is 60.7 cm³/mol. The van der Waals surface area contributed by atoms with Crippen molar-refractivity contribution in [2.24, 2.45) is 0 Å². The molecule has 0 unspecified atom stereocenters. The van der Waals surface area contributed by atoms with Crippen LogP contribution in [0.25, 0.3) is 0 Å². The smallest absolute Gasteiger partial charge is 0.00757 e. The van der Waals surface area contributed by atoms with Crippen LogP contribution in [0.2, 0.25) is 0 Å². The maximum absolute atomic E-state index is 3.34. The molecule has 14 heavy (non-hydrogen) atoms. The Balaban J connectivity index is 2.13. The molecule has 0 atom stereocenters. The monoisotopic (exact) mass is 189 g/mol. The van der Waals surface area contributed by atoms with E-state index in [0.717, 1.165) is 12.0 Å². The maximum atomic E-state index is 3.34. The zero-order valence-corrected chi connectivity index (χ0v) is 9.30. The molecule has 0 radical (unpaired) electrons. The molecular formula is C13H19N. The summed E-state index contributed by atoms with van der Waals surface area (Å²) in [4.78, 5) is 0. The molecule has 1 fully saturated rings. The van der Waals surface area contributed by atoms with Crippen LogP contribution >= 0.6 is 0 Å². The van der Waals surface area contributed by atoms with Crippen molar-refractivity contribution in [1.82, 2.24) is 5.32 Å². The Morgan fingerprint density at radius 1 is 1.21 bits per heavy atom. The van der Waals surface area contributed by atoms with Gasteiger partial charge in [-0.15, -0.1) is 0 Å². The van der Waals surface area contributed by atoms with Gasteiger partial charge in [0, 0.05) is 6.04 Å². The lowest BCUT2D eigenvalue weighted by Crippen LogP contribution is -2.37. The number of benzene rings is 1. The molecule has 1 aliphatic rings. The molecule has 1 aliphatic carbocycles. The molecule has 1 nitrogen and oxygen atoms in total. The molecule has 0 heterocycles. The largest absolute Gasteiger partial charge is 0.317 e. The van der Waals surface area contributed by atoms with Crippen molar-refractivity contribution in [2.45, 2.75) is 38.6 Å². The van der Waals surface area contributed by atoms with Crippen LogP contribution in [-0.2, 0) is 0 Å². The molecular weight excluding hydrogens is 170 g/mol. The second kappa shape index (κ2) is 3.74. The van der Waals surface area contributed by atoms with Crippen LogP contribution in [-0.4, -0.2) is 13.1 Å². The molecule has 1 saturated carbocycles. The van der Waals surface area contributed by atoms with E-state index >= 15 is 0 Å². The average Bonchev–Trinajstić information content (AvgIpc) is 2.09. The van der Waals surface area contributed by atoms with Gasteiger partial charge >= 0.3 is 0 Å². The van der Waals surface area contributed by atoms with E-state index in [1.807, 2.05) is 0 Å². The van der Waals surface area contributed by atoms with Crippen LogP contribution in [0.5, 0.6) is 0 Å². The molecule has 2 rings (SSSR count). The summed E-state index contributed by atoms with van der Waals surface area (Å²) in [7, 11) is 2.06. The molecule has 1 aromatic carbocycles. The number of nitrogens with one attached hydrogen (secondary N) is 1. The number of hydrogen-bond donors (Lipinski definition) is 1. The zero-order chi connectivity index (χ0) is 10.1. The van der Waals surface area contributed by atoms with Gasteiger partial charge in [0.05, 0.1) is 0 Å². The van der Waals surface area contributed by atoms with Crippen molar-refractivity contribution in [1.29, 1.82) is 0 Å². The normalized spacial score (nSPS) is 25.9. The molecule has 0 bridgehead atoms. The summed E-state index contributed by atoms with van der Waals surface area (Å²) in [5.41, 5.74) is 4.41. The maximum Gasteiger partial charge on any atom is 0.00757 e. The highest BCUT2D eigenvalue weighted by Crippen LogP contribution is 2.38. The van der Waals surface area contributed by atoms with E-state index in [1.54, 1.807) is 5.56 Å². The lowest BCUT2D eigenvalue weighted by molar-refractivity contribution is 0.306. The molecule has 1 aromatic rings. The molecule has 0 aromatic heterocycles. The Kier molecular flexibility index (Phi) is 2.60. The van der Waals surface area contributed by atoms with Crippen LogP contribution < -0.4 is 5.32 Å². The van der Waals surface area contributed by atoms with E-state index < -0.39 is 0 Å². The van der Waals surface area contributed by atoms with Crippen molar-refractivity contribution >= 4 is 0 Å². The number of hydrogen-bond acceptors (Lipinski definition) is 1. The Morgan fingerprint density at radius 3 is 2.57 bits per heavy atom. The van der Waals surface area contributed by atoms with Gasteiger partial charge in [0.2, 0.25) is 0 Å². The fraction of sp³-hybridized carbons (Fsp3) is 0.538. The van der Waals surface area contributed by atoms with Gasteiger partial charge in [0.15, 0.2) is 0 Å². The van der Waals surface area contributed by atoms with Crippen LogP contribution in [0.4, 0.5) is 0 Å². The first-order chi connectivity index (χ1) is 6.70. The van der Waals surface area contributed by atoms with Crippen molar-refractivity contribution < 1.29 is 0 Å². The van der Waals surface area contributed by atoms with E-state index in [-0.39, 0.29) is 0 Å². The van der Waals surface area contributed by atoms with E-state index in [0.29, 0.717) is 0 Å². The van der Waals surface area contributed by atoms with E-state index in [1.165, 1.54) is 24.0 Å². The third-order valence-corrected chi connectivity index (χ3v) is 3.42. The lowest BCUT2D eigenvalue weighted by Gasteiger charge is -2.36. The fourth-order valence-electron chi connectivity index (χ4n) is 2.31. The molecule has 76 valence electrons. The number of rotatable bonds is 2. The van der Waals surface area contributed by atoms with Crippen molar-refractivity contribution in [2.75, 3.05) is 7.05 Å². The van der Waals surface area contributed by atoms with Crippen LogP contribution in [0.1, 0.15) is 35.4 Å². The minimum Gasteiger partial charge on any atom is -0.317 e. The van der Waals surface area contributed by atoms with Crippen LogP contribution in [0.15, 0.2) is 18.2 Å². The average molecular weight is 189 g/mol. The Hall–Kier alpha value is -0.820. The standard InChI is InChI=1S/C13H19N/c1-9-4-5-10(2)13(6-9)11-7-12(8-11)14-3/h4-6,11-12,14H,7-8H2,1-3H3. The highest BCUT2D eigenvalue weighted by Gasteiger charge is 2.29. The zero-order valence-electron chi connectivity index (χ0n) is 9.30. The van der Waals surface area contributed by atoms with Crippen LogP contribution in [0.3, 0.4) is 0 Å². The van der Waals surface area contributed by atoms with Crippen LogP contribution in [0, 0.1) is 13.8 Å². The highest BCUT2D eigenvalue weighted by molar-refractivity contribution is 5.34. The minimum atomic E-state index is 0.750. The van der Waals surface area contributed by atoms with Gasteiger partial charge in [-0.2, -0.15) is 0 Å². The summed E-state index contributed by atoms with van der Waals surface area (Å²) >= 11 is 0. The second-order valence-corrected chi connectivity index (χ2v) is 4.51. The Morgan fingerprint density at radius 2 is 1.93 bits per heavy atom. The van der Waals surface area contributed by atoms with Crippen molar-refractivity contribution in [3.8, 4) is 0 Å². The summed E-state index contributed by atoms with van der Waals surface area (Å²) in [5, 5.41) is 3.34. The van der Waals surface area contributed by atoms with Crippen molar-refractivity contribution in [3.05, 3.63) is 34.9 Å². The van der Waals surface area contributed by atoms with E-state index in [2.05, 4.69) is 44.4 Å². The SMILES string of the molecule is CNC1CC(c2cc(C)ccc2C)C1. The molecule has 0 spiro atoms. The Bertz CT molecular complexity index is 324. The summed E-state index contributed by atoms with van der Waals surface area (Å²) < 4.78 is 0. The van der Waals surface area contributed by atoms with E-state index in [9.17, 15) is 0 Å². The van der Waals surface area contributed by atoms with Crippen molar-refractivity contribution in [3.63, 3.8) is 0 Å². The molecule has 0 amide bonds. The summed E-state index contributed by atoms with van der Waals surface area (Å²) in [6.45, 7) is 4.40. The van der Waals surface area contributed by atoms with Gasteiger partial charge in [0.1, 0.15) is 0 Å². The minimum absolute atomic E-state index is 0.750. The first-order valence-electron chi connectivity index (χ1n) is 5.45. The summed E-state index contributed by atoms with van der Waals surface area (Å²) in [6, 6.07) is 7.55. The fourth-order valence-corrected chi connectivity index (χ4v) is 2.31. The molecule has 0 saturated heterocycles. The van der Waals surface area contributed by atoms with Gasteiger partial charge in [-0.1, -0.05) is 23.8 Å². The summed E-state index contributed by atoms with van der Waals surface area (Å²) in [5.74, 6) is 0.798. The van der Waals surface area contributed by atoms with Gasteiger partial charge in [-0.05, 0) is 50.8 Å². The van der Waals surface area contributed by atoms with Gasteiger partial charge in [-0.25, -0.2) is 0 Å². The molecule has 0 aliphatic heterocycles. The topological polar surface area (TPSA) is 12.0 Å². The lowest BCUT2D eigenvalue weighted by atomic mass is 9.74. The second-order valence-electron chi connectivity index (χ2n) is 4.51. The summed E-state index contributed by atoms with van der Waals surface area (Å²) in [6.07, 6.45) is 2.61. The predicted octanol–water partition coefficient (Wildman–Crippen LogP) is 2.77. The highest BCUT2D eigenvalue weighted by atomic mass is 14.9. The first kappa shape index (κ1) is 9.72. The third-order valence-electron chi connectivity index (χ3n) is 3.42. The molecule has 1 N–H and O–H groups in total. The quantitative estimate of drug-likeness (QED) is 0.754.